The molecule has 0 radical (unpaired) electrons. The highest BCUT2D eigenvalue weighted by Crippen LogP contribution is 2.64. The van der Waals surface area contributed by atoms with Gasteiger partial charge in [0.05, 0.1) is 5.41 Å². The fraction of sp³-hybridized carbons (Fsp3) is 0.118. The van der Waals surface area contributed by atoms with Crippen LogP contribution in [0, 0.1) is 0 Å². The second-order valence-electron chi connectivity index (χ2n) is 10.4. The Bertz CT molecular complexity index is 1860. The minimum Gasteiger partial charge on any atom is -0.456 e. The summed E-state index contributed by atoms with van der Waals surface area (Å²) in [5.41, 5.74) is 13.7. The third-order valence-electron chi connectivity index (χ3n) is 8.18. The third-order valence-corrected chi connectivity index (χ3v) is 8.18. The van der Waals surface area contributed by atoms with E-state index in [2.05, 4.69) is 116 Å². The number of hydrogen-bond donors (Lipinski definition) is 0. The van der Waals surface area contributed by atoms with E-state index in [1.807, 2.05) is 6.07 Å². The highest BCUT2D eigenvalue weighted by atomic mass is 16.3. The molecule has 0 N–H and O–H groups in total. The quantitative estimate of drug-likeness (QED) is 0.258. The van der Waals surface area contributed by atoms with Crippen LogP contribution in [-0.4, -0.2) is 19.0 Å². The van der Waals surface area contributed by atoms with Crippen LogP contribution in [0.1, 0.15) is 27.8 Å². The molecule has 0 bridgehead atoms. The first-order valence-electron chi connectivity index (χ1n) is 12.6. The van der Waals surface area contributed by atoms with Crippen molar-refractivity contribution in [2.24, 2.45) is 0 Å². The lowest BCUT2D eigenvalue weighted by Crippen LogP contribution is -2.28. The Kier molecular flexibility index (Phi) is 3.89. The summed E-state index contributed by atoms with van der Waals surface area (Å²) in [6.45, 7) is 0.896. The Balaban J connectivity index is 1.59. The summed E-state index contributed by atoms with van der Waals surface area (Å²) < 4.78 is 6.35. The Labute approximate surface area is 210 Å². The zero-order valence-corrected chi connectivity index (χ0v) is 20.4. The maximum atomic E-state index is 6.35. The van der Waals surface area contributed by atoms with Gasteiger partial charge in [0, 0.05) is 17.3 Å². The first kappa shape index (κ1) is 20.1. The molecule has 1 heterocycles. The van der Waals surface area contributed by atoms with Crippen molar-refractivity contribution in [3.63, 3.8) is 0 Å². The van der Waals surface area contributed by atoms with Crippen LogP contribution in [0.15, 0.2) is 108 Å². The summed E-state index contributed by atoms with van der Waals surface area (Å²) >= 11 is 0. The van der Waals surface area contributed by atoms with Gasteiger partial charge in [-0.05, 0) is 82.4 Å². The van der Waals surface area contributed by atoms with Crippen molar-refractivity contribution in [2.75, 3.05) is 14.1 Å². The van der Waals surface area contributed by atoms with Gasteiger partial charge < -0.3 is 9.32 Å². The molecular weight excluding hydrogens is 438 g/mol. The summed E-state index contributed by atoms with van der Waals surface area (Å²) in [7, 11) is 4.32. The number of nitrogens with zero attached hydrogens (tertiary/aromatic N) is 1. The summed E-state index contributed by atoms with van der Waals surface area (Å²) in [4.78, 5) is 2.28. The molecule has 6 aromatic rings. The van der Waals surface area contributed by atoms with Gasteiger partial charge in [0.15, 0.2) is 0 Å². The summed E-state index contributed by atoms with van der Waals surface area (Å²) in [6, 6.07) is 38.0. The van der Waals surface area contributed by atoms with Crippen molar-refractivity contribution in [2.45, 2.75) is 12.0 Å². The van der Waals surface area contributed by atoms with Crippen molar-refractivity contribution in [3.8, 4) is 22.3 Å². The fourth-order valence-electron chi connectivity index (χ4n) is 6.97. The van der Waals surface area contributed by atoms with Gasteiger partial charge in [-0.25, -0.2) is 0 Å². The van der Waals surface area contributed by atoms with Crippen LogP contribution in [-0.2, 0) is 12.0 Å². The number of fused-ring (bicyclic) bond motifs is 13. The molecule has 0 amide bonds. The molecule has 2 aliphatic carbocycles. The Hall–Kier alpha value is -4.14. The molecule has 0 saturated carbocycles. The molecule has 0 saturated heterocycles. The average molecular weight is 464 g/mol. The van der Waals surface area contributed by atoms with Crippen LogP contribution in [0.2, 0.25) is 0 Å². The van der Waals surface area contributed by atoms with E-state index in [9.17, 15) is 0 Å². The van der Waals surface area contributed by atoms with Crippen molar-refractivity contribution >= 4 is 21.9 Å². The monoisotopic (exact) mass is 463 g/mol. The molecule has 172 valence electrons. The predicted molar refractivity (Wildman–Crippen MR) is 147 cm³/mol. The molecule has 36 heavy (non-hydrogen) atoms. The van der Waals surface area contributed by atoms with E-state index in [1.165, 1.54) is 60.8 Å². The first-order valence-corrected chi connectivity index (χ1v) is 12.6. The molecule has 1 aromatic heterocycles. The van der Waals surface area contributed by atoms with Gasteiger partial charge in [-0.2, -0.15) is 0 Å². The van der Waals surface area contributed by atoms with Crippen LogP contribution < -0.4 is 0 Å². The van der Waals surface area contributed by atoms with Gasteiger partial charge in [0.2, 0.25) is 0 Å². The normalized spacial score (nSPS) is 17.1. The average Bonchev–Trinajstić information content (AvgIpc) is 3.51. The van der Waals surface area contributed by atoms with E-state index >= 15 is 0 Å². The standard InChI is InChI=1S/C34H25NO/c1-35(2)20-21-10-9-14-25-22-11-3-6-15-28(22)34(33(21)25)29-16-7-4-12-23(29)26-19-32-27(18-30(26)34)24-13-5-8-17-31(24)36-32/h3-19H,20H2,1-2H3. The topological polar surface area (TPSA) is 16.4 Å². The lowest BCUT2D eigenvalue weighted by Gasteiger charge is -2.32. The second kappa shape index (κ2) is 6.96. The molecule has 1 atom stereocenters. The maximum Gasteiger partial charge on any atom is 0.136 e. The van der Waals surface area contributed by atoms with Gasteiger partial charge in [0.1, 0.15) is 11.2 Å². The second-order valence-corrected chi connectivity index (χ2v) is 10.4. The maximum absolute atomic E-state index is 6.35. The van der Waals surface area contributed by atoms with Gasteiger partial charge in [-0.15, -0.1) is 0 Å². The minimum absolute atomic E-state index is 0.350. The number of hydrogen-bond acceptors (Lipinski definition) is 2. The molecule has 2 aliphatic rings. The SMILES string of the molecule is CN(C)Cc1cccc2c1C1(c3ccccc3-c3cc4oc5ccccc5c4cc31)c1ccccc1-2. The van der Waals surface area contributed by atoms with E-state index in [0.717, 1.165) is 17.7 Å². The number of rotatable bonds is 2. The van der Waals surface area contributed by atoms with Crippen molar-refractivity contribution in [1.29, 1.82) is 0 Å². The molecule has 0 aliphatic heterocycles. The molecule has 2 heteroatoms. The van der Waals surface area contributed by atoms with Gasteiger partial charge in [-0.3, -0.25) is 0 Å². The zero-order valence-electron chi connectivity index (χ0n) is 20.4. The highest BCUT2D eigenvalue weighted by molar-refractivity contribution is 6.08. The van der Waals surface area contributed by atoms with Gasteiger partial charge >= 0.3 is 0 Å². The lowest BCUT2D eigenvalue weighted by atomic mass is 9.69. The first-order chi connectivity index (χ1) is 17.7. The van der Waals surface area contributed by atoms with Crippen LogP contribution in [0.25, 0.3) is 44.2 Å². The van der Waals surface area contributed by atoms with Crippen molar-refractivity contribution in [3.05, 3.63) is 131 Å². The summed E-state index contributed by atoms with van der Waals surface area (Å²) in [5, 5.41) is 2.36. The molecule has 0 fully saturated rings. The van der Waals surface area contributed by atoms with Crippen LogP contribution in [0.5, 0.6) is 0 Å². The van der Waals surface area contributed by atoms with E-state index in [4.69, 9.17) is 4.42 Å². The smallest absolute Gasteiger partial charge is 0.136 e. The van der Waals surface area contributed by atoms with Gasteiger partial charge in [0.25, 0.3) is 0 Å². The van der Waals surface area contributed by atoms with E-state index in [-0.39, 0.29) is 5.41 Å². The predicted octanol–water partition coefficient (Wildman–Crippen LogP) is 7.99. The van der Waals surface area contributed by atoms with Crippen LogP contribution >= 0.6 is 0 Å². The number of furan rings is 1. The molecule has 2 nitrogen and oxygen atoms in total. The molecule has 5 aromatic carbocycles. The highest BCUT2D eigenvalue weighted by Gasteiger charge is 2.52. The van der Waals surface area contributed by atoms with Crippen LogP contribution in [0.3, 0.4) is 0 Å². The molecule has 1 spiro atoms. The fourth-order valence-corrected chi connectivity index (χ4v) is 6.97. The Morgan fingerprint density at radius 1 is 0.583 bits per heavy atom. The Morgan fingerprint density at radius 3 is 2.03 bits per heavy atom. The van der Waals surface area contributed by atoms with E-state index in [1.54, 1.807) is 0 Å². The molecule has 8 rings (SSSR count). The summed E-state index contributed by atoms with van der Waals surface area (Å²) in [6.07, 6.45) is 0. The van der Waals surface area contributed by atoms with Crippen molar-refractivity contribution < 1.29 is 4.42 Å². The summed E-state index contributed by atoms with van der Waals surface area (Å²) in [5.74, 6) is 0. The molecule has 1 unspecified atom stereocenters. The lowest BCUT2D eigenvalue weighted by molar-refractivity contribution is 0.400. The third kappa shape index (κ3) is 2.35. The van der Waals surface area contributed by atoms with E-state index < -0.39 is 0 Å². The Morgan fingerprint density at radius 2 is 1.25 bits per heavy atom. The van der Waals surface area contributed by atoms with Crippen LogP contribution in [0.4, 0.5) is 0 Å². The van der Waals surface area contributed by atoms with Crippen molar-refractivity contribution in [1.82, 2.24) is 4.90 Å². The van der Waals surface area contributed by atoms with Gasteiger partial charge in [-0.1, -0.05) is 84.9 Å². The molecular formula is C34H25NO. The van der Waals surface area contributed by atoms with E-state index in [0.29, 0.717) is 0 Å². The largest absolute Gasteiger partial charge is 0.456 e. The zero-order chi connectivity index (χ0) is 24.0. The number of para-hydroxylation sites is 1. The minimum atomic E-state index is -0.350. The number of benzene rings is 5.